The molecule has 66 valence electrons. The summed E-state index contributed by atoms with van der Waals surface area (Å²) < 4.78 is 0. The van der Waals surface area contributed by atoms with E-state index in [0.717, 1.165) is 19.0 Å². The van der Waals surface area contributed by atoms with E-state index in [0.29, 0.717) is 0 Å². The molecule has 0 heterocycles. The van der Waals surface area contributed by atoms with E-state index in [-0.39, 0.29) is 0 Å². The van der Waals surface area contributed by atoms with Gasteiger partial charge < -0.3 is 5.11 Å². The molecule has 0 bridgehead atoms. The van der Waals surface area contributed by atoms with Crippen molar-refractivity contribution < 1.29 is 9.90 Å². The molecular weight excluding hydrogens is 199 g/mol. The minimum atomic E-state index is -1.18. The highest BCUT2D eigenvalue weighted by molar-refractivity contribution is 8.11. The molecule has 0 saturated carbocycles. The Labute approximate surface area is 78.2 Å². The van der Waals surface area contributed by atoms with Crippen LogP contribution in [0.4, 0.5) is 0 Å². The summed E-state index contributed by atoms with van der Waals surface area (Å²) in [6.45, 7) is 0.887. The molecule has 5 heteroatoms. The number of thiol groups is 1. The van der Waals surface area contributed by atoms with E-state index in [2.05, 4.69) is 19.6 Å². The van der Waals surface area contributed by atoms with Gasteiger partial charge in [-0.05, 0) is 19.3 Å². The van der Waals surface area contributed by atoms with Crippen molar-refractivity contribution in [3.63, 3.8) is 0 Å². The molecule has 11 heavy (non-hydrogen) atoms. The number of carboxylic acid groups (broad SMARTS) is 1. The Hall–Kier alpha value is 0.470. The summed E-state index contributed by atoms with van der Waals surface area (Å²) in [7, 11) is 0. The van der Waals surface area contributed by atoms with E-state index in [1.807, 2.05) is 0 Å². The average Bonchev–Trinajstić information content (AvgIpc) is 1.98. The van der Waals surface area contributed by atoms with Crippen molar-refractivity contribution >= 4 is 37.1 Å². The Morgan fingerprint density at radius 2 is 2.36 bits per heavy atom. The van der Waals surface area contributed by atoms with Crippen LogP contribution in [0.25, 0.3) is 0 Å². The summed E-state index contributed by atoms with van der Waals surface area (Å²) in [5.41, 5.74) is 0. The van der Waals surface area contributed by atoms with E-state index in [1.165, 1.54) is 0 Å². The quantitative estimate of drug-likeness (QED) is 0.539. The van der Waals surface area contributed by atoms with Gasteiger partial charge in [0.15, 0.2) is 0 Å². The molecule has 0 spiro atoms. The first-order valence-corrected chi connectivity index (χ1v) is 6.96. The van der Waals surface area contributed by atoms with Crippen LogP contribution in [0, 0.1) is 0 Å². The van der Waals surface area contributed by atoms with Gasteiger partial charge in [0.05, 0.1) is 0 Å². The summed E-state index contributed by atoms with van der Waals surface area (Å²) in [4.78, 5) is 9.80. The molecule has 0 fully saturated rings. The highest BCUT2D eigenvalue weighted by atomic mass is 32.4. The van der Waals surface area contributed by atoms with Crippen molar-refractivity contribution in [3.05, 3.63) is 0 Å². The largest absolute Gasteiger partial charge is 0.480 e. The molecule has 0 aromatic heterocycles. The molecule has 0 radical (unpaired) electrons. The summed E-state index contributed by atoms with van der Waals surface area (Å²) in [6.07, 6.45) is 2.98. The molecule has 0 amide bonds. The predicted molar refractivity (Wildman–Crippen MR) is 55.9 cm³/mol. The molecule has 0 saturated heterocycles. The maximum Gasteiger partial charge on any atom is 0.321 e. The van der Waals surface area contributed by atoms with Crippen LogP contribution in [0.1, 0.15) is 19.8 Å². The van der Waals surface area contributed by atoms with Gasteiger partial charge in [-0.3, -0.25) is 4.79 Å². The second-order valence-electron chi connectivity index (χ2n) is 2.31. The third kappa shape index (κ3) is 4.83. The van der Waals surface area contributed by atoms with Gasteiger partial charge in [0.2, 0.25) is 0 Å². The first-order chi connectivity index (χ1) is 5.09. The van der Waals surface area contributed by atoms with Crippen LogP contribution in [-0.4, -0.2) is 22.2 Å². The second-order valence-corrected chi connectivity index (χ2v) is 6.90. The Morgan fingerprint density at radius 1 is 1.82 bits per heavy atom. The van der Waals surface area contributed by atoms with E-state index in [9.17, 15) is 4.79 Å². The van der Waals surface area contributed by atoms with Crippen LogP contribution >= 0.6 is 19.3 Å². The van der Waals surface area contributed by atoms with E-state index in [1.54, 1.807) is 0 Å². The summed E-state index contributed by atoms with van der Waals surface area (Å²) >= 11 is 8.98. The number of hydrogen-bond acceptors (Lipinski definition) is 3. The van der Waals surface area contributed by atoms with Crippen LogP contribution in [-0.2, 0) is 16.6 Å². The highest BCUT2D eigenvalue weighted by Crippen LogP contribution is 2.32. The van der Waals surface area contributed by atoms with Crippen molar-refractivity contribution in [2.45, 2.75) is 24.8 Å². The minimum absolute atomic E-state index is 0.582. The SMILES string of the molecule is CCCC[PH](=S)C(S)C(=O)O. The van der Waals surface area contributed by atoms with Gasteiger partial charge in [-0.15, -0.1) is 0 Å². The van der Waals surface area contributed by atoms with E-state index in [4.69, 9.17) is 16.9 Å². The highest BCUT2D eigenvalue weighted by Gasteiger charge is 2.15. The van der Waals surface area contributed by atoms with Crippen LogP contribution < -0.4 is 0 Å². The minimum Gasteiger partial charge on any atom is -0.480 e. The van der Waals surface area contributed by atoms with Gasteiger partial charge in [0.25, 0.3) is 0 Å². The summed E-state index contributed by atoms with van der Waals surface area (Å²) in [5, 5.41) is 8.53. The molecule has 2 atom stereocenters. The third-order valence-electron chi connectivity index (χ3n) is 1.32. The maximum absolute atomic E-state index is 10.4. The predicted octanol–water partition coefficient (Wildman–Crippen LogP) is 1.80. The first kappa shape index (κ1) is 11.5. The fourth-order valence-corrected chi connectivity index (χ4v) is 3.00. The summed E-state index contributed by atoms with van der Waals surface area (Å²) in [5.74, 6) is -0.867. The van der Waals surface area contributed by atoms with Gasteiger partial charge >= 0.3 is 5.97 Å². The van der Waals surface area contributed by atoms with Gasteiger partial charge in [0.1, 0.15) is 4.99 Å². The van der Waals surface area contributed by atoms with Gasteiger partial charge in [0, 0.05) is 0 Å². The average molecular weight is 212 g/mol. The van der Waals surface area contributed by atoms with Crippen molar-refractivity contribution in [3.8, 4) is 0 Å². The lowest BCUT2D eigenvalue weighted by Gasteiger charge is -2.06. The molecular formula is C6H13O2PS2. The number of unbranched alkanes of at least 4 members (excludes halogenated alkanes) is 1. The number of rotatable bonds is 5. The molecule has 1 N–H and O–H groups in total. The monoisotopic (exact) mass is 212 g/mol. The Morgan fingerprint density at radius 3 is 2.73 bits per heavy atom. The zero-order chi connectivity index (χ0) is 8.85. The van der Waals surface area contributed by atoms with Crippen molar-refractivity contribution in [2.24, 2.45) is 0 Å². The van der Waals surface area contributed by atoms with Gasteiger partial charge in [-0.2, -0.15) is 12.6 Å². The van der Waals surface area contributed by atoms with Crippen LogP contribution in [0.5, 0.6) is 0 Å². The molecule has 2 nitrogen and oxygen atoms in total. The van der Waals surface area contributed by atoms with Gasteiger partial charge in [-0.1, -0.05) is 25.2 Å². The maximum atomic E-state index is 10.4. The van der Waals surface area contributed by atoms with Crippen molar-refractivity contribution in [1.82, 2.24) is 0 Å². The molecule has 2 unspecified atom stereocenters. The van der Waals surface area contributed by atoms with Gasteiger partial charge in [-0.25, -0.2) is 0 Å². The Kier molecular flexibility index (Phi) is 6.30. The fraction of sp³-hybridized carbons (Fsp3) is 0.833. The topological polar surface area (TPSA) is 37.3 Å². The number of hydrogen-bond donors (Lipinski definition) is 2. The molecule has 0 aromatic rings. The molecule has 0 aromatic carbocycles. The molecule has 0 rings (SSSR count). The third-order valence-corrected chi connectivity index (χ3v) is 6.02. The number of aliphatic carboxylic acids is 1. The lowest BCUT2D eigenvalue weighted by Crippen LogP contribution is -2.09. The first-order valence-electron chi connectivity index (χ1n) is 3.53. The molecule has 0 aliphatic rings. The second kappa shape index (κ2) is 6.04. The Balaban J connectivity index is 3.74. The summed E-state index contributed by atoms with van der Waals surface area (Å²) in [6, 6.07) is 0. The fourth-order valence-electron chi connectivity index (χ4n) is 0.625. The molecule has 0 aliphatic carbocycles. The Bertz CT molecular complexity index is 161. The number of carboxylic acids is 1. The van der Waals surface area contributed by atoms with Crippen LogP contribution in [0.2, 0.25) is 0 Å². The van der Waals surface area contributed by atoms with Crippen LogP contribution in [0.3, 0.4) is 0 Å². The van der Waals surface area contributed by atoms with Crippen molar-refractivity contribution in [1.29, 1.82) is 0 Å². The van der Waals surface area contributed by atoms with Crippen LogP contribution in [0.15, 0.2) is 0 Å². The smallest absolute Gasteiger partial charge is 0.321 e. The molecule has 0 aliphatic heterocycles. The number of carbonyl (C=O) groups is 1. The zero-order valence-electron chi connectivity index (χ0n) is 6.41. The standard InChI is InChI=1S/C6H13O2PS2/c1-2-3-4-9(11)6(10)5(7)8/h6,9-10H,2-4H2,1H3,(H,7,8). The lowest BCUT2D eigenvalue weighted by molar-refractivity contribution is -0.134. The zero-order valence-corrected chi connectivity index (χ0v) is 9.12. The lowest BCUT2D eigenvalue weighted by atomic mass is 10.4. The normalized spacial score (nSPS) is 15.8. The van der Waals surface area contributed by atoms with Crippen molar-refractivity contribution in [2.75, 3.05) is 6.16 Å². The van der Waals surface area contributed by atoms with E-state index < -0.39 is 17.7 Å². The van der Waals surface area contributed by atoms with E-state index >= 15 is 0 Å².